The Hall–Kier alpha value is -2.56. The summed E-state index contributed by atoms with van der Waals surface area (Å²) in [5.74, 6) is -0.943. The largest absolute Gasteiger partial charge is 0.478 e. The van der Waals surface area contributed by atoms with E-state index in [2.05, 4.69) is 22.7 Å². The van der Waals surface area contributed by atoms with Crippen molar-refractivity contribution in [2.75, 3.05) is 0 Å². The second-order valence-electron chi connectivity index (χ2n) is 4.89. The topological polar surface area (TPSA) is 60.1 Å². The zero-order valence-corrected chi connectivity index (χ0v) is 11.4. The van der Waals surface area contributed by atoms with Crippen molar-refractivity contribution in [2.45, 2.75) is 13.5 Å². The van der Waals surface area contributed by atoms with Gasteiger partial charge in [0, 0.05) is 24.1 Å². The highest BCUT2D eigenvalue weighted by Gasteiger charge is 2.16. The van der Waals surface area contributed by atoms with E-state index in [1.165, 1.54) is 17.1 Å². The molecule has 1 aromatic carbocycles. The van der Waals surface area contributed by atoms with Crippen molar-refractivity contribution in [1.82, 2.24) is 14.3 Å². The minimum absolute atomic E-state index is 0.253. The van der Waals surface area contributed by atoms with E-state index in [1.54, 1.807) is 11.7 Å². The summed E-state index contributed by atoms with van der Waals surface area (Å²) in [6, 6.07) is 8.10. The van der Waals surface area contributed by atoms with E-state index in [4.69, 9.17) is 0 Å². The first-order chi connectivity index (χ1) is 9.58. The van der Waals surface area contributed by atoms with Crippen LogP contribution in [0.15, 0.2) is 36.7 Å². The summed E-state index contributed by atoms with van der Waals surface area (Å²) in [7, 11) is 1.76. The highest BCUT2D eigenvalue weighted by atomic mass is 16.4. The summed E-state index contributed by atoms with van der Waals surface area (Å²) in [4.78, 5) is 11.2. The van der Waals surface area contributed by atoms with Crippen LogP contribution in [-0.4, -0.2) is 25.4 Å². The maximum atomic E-state index is 11.2. The van der Waals surface area contributed by atoms with Crippen molar-refractivity contribution in [2.24, 2.45) is 7.05 Å². The molecule has 0 saturated carbocycles. The molecule has 20 heavy (non-hydrogen) atoms. The predicted molar refractivity (Wildman–Crippen MR) is 75.9 cm³/mol. The number of hydrogen-bond donors (Lipinski definition) is 1. The van der Waals surface area contributed by atoms with Crippen LogP contribution in [0.4, 0.5) is 0 Å². The number of rotatable bonds is 3. The Kier molecular flexibility index (Phi) is 2.82. The molecule has 5 nitrogen and oxygen atoms in total. The Morgan fingerprint density at radius 2 is 2.10 bits per heavy atom. The number of aromatic nitrogens is 3. The van der Waals surface area contributed by atoms with Gasteiger partial charge in [0.1, 0.15) is 5.56 Å². The van der Waals surface area contributed by atoms with Crippen LogP contribution in [-0.2, 0) is 13.6 Å². The van der Waals surface area contributed by atoms with Gasteiger partial charge in [0.2, 0.25) is 0 Å². The van der Waals surface area contributed by atoms with Gasteiger partial charge in [-0.05, 0) is 18.6 Å². The third-order valence-electron chi connectivity index (χ3n) is 3.60. The number of carboxylic acids is 1. The lowest BCUT2D eigenvalue weighted by Crippen LogP contribution is -2.09. The molecular weight excluding hydrogens is 254 g/mol. The maximum absolute atomic E-state index is 11.2. The molecule has 0 fully saturated rings. The number of para-hydroxylation sites is 1. The van der Waals surface area contributed by atoms with E-state index in [-0.39, 0.29) is 5.56 Å². The van der Waals surface area contributed by atoms with Gasteiger partial charge < -0.3 is 9.67 Å². The van der Waals surface area contributed by atoms with Gasteiger partial charge in [-0.15, -0.1) is 0 Å². The van der Waals surface area contributed by atoms with Crippen LogP contribution in [0.3, 0.4) is 0 Å². The minimum atomic E-state index is -0.943. The summed E-state index contributed by atoms with van der Waals surface area (Å²) in [5.41, 5.74) is 3.23. The average molecular weight is 269 g/mol. The summed E-state index contributed by atoms with van der Waals surface area (Å²) in [6.07, 6.45) is 3.44. The van der Waals surface area contributed by atoms with Gasteiger partial charge in [-0.25, -0.2) is 4.79 Å². The molecule has 0 aliphatic heterocycles. The molecule has 3 aromatic rings. The molecule has 0 unspecified atom stereocenters. The molecule has 3 rings (SSSR count). The number of aryl methyl sites for hydroxylation is 2. The second kappa shape index (κ2) is 4.52. The molecule has 5 heteroatoms. The Balaban J connectivity index is 2.10. The Morgan fingerprint density at radius 3 is 2.85 bits per heavy atom. The molecule has 0 spiro atoms. The third kappa shape index (κ3) is 1.87. The molecule has 0 saturated heterocycles. The molecule has 0 amide bonds. The molecule has 0 aliphatic carbocycles. The predicted octanol–water partition coefficient (Wildman–Crippen LogP) is 2.43. The molecule has 0 atom stereocenters. The Bertz CT molecular complexity index is 799. The molecule has 2 heterocycles. The zero-order valence-electron chi connectivity index (χ0n) is 11.4. The van der Waals surface area contributed by atoms with Crippen LogP contribution in [0.2, 0.25) is 0 Å². The van der Waals surface area contributed by atoms with Gasteiger partial charge in [0.05, 0.1) is 18.4 Å². The molecule has 0 radical (unpaired) electrons. The minimum Gasteiger partial charge on any atom is -0.478 e. The molecule has 102 valence electrons. The first-order valence-corrected chi connectivity index (χ1v) is 6.36. The van der Waals surface area contributed by atoms with E-state index in [9.17, 15) is 9.90 Å². The number of carboxylic acid groups (broad SMARTS) is 1. The standard InChI is InChI=1S/C15H15N3O2/c1-10-8-18(13-6-4-3-5-11(10)13)9-14-12(15(19)20)7-16-17(14)2/h3-8H,9H2,1-2H3,(H,19,20). The van der Waals surface area contributed by atoms with E-state index in [0.717, 1.165) is 5.52 Å². The lowest BCUT2D eigenvalue weighted by molar-refractivity contribution is 0.0695. The summed E-state index contributed by atoms with van der Waals surface area (Å²) < 4.78 is 3.68. The van der Waals surface area contributed by atoms with Crippen molar-refractivity contribution in [1.29, 1.82) is 0 Å². The van der Waals surface area contributed by atoms with Crippen molar-refractivity contribution in [3.63, 3.8) is 0 Å². The second-order valence-corrected chi connectivity index (χ2v) is 4.89. The summed E-state index contributed by atoms with van der Waals surface area (Å²) in [5, 5.41) is 14.4. The average Bonchev–Trinajstić information content (AvgIpc) is 2.94. The Morgan fingerprint density at radius 1 is 1.35 bits per heavy atom. The van der Waals surface area contributed by atoms with E-state index in [1.807, 2.05) is 24.4 Å². The molecular formula is C15H15N3O2. The van der Waals surface area contributed by atoms with Gasteiger partial charge in [0.15, 0.2) is 0 Å². The lowest BCUT2D eigenvalue weighted by atomic mass is 10.2. The van der Waals surface area contributed by atoms with Crippen LogP contribution in [0.1, 0.15) is 21.6 Å². The van der Waals surface area contributed by atoms with Gasteiger partial charge in [-0.2, -0.15) is 5.10 Å². The molecule has 1 N–H and O–H groups in total. The van der Waals surface area contributed by atoms with Crippen molar-refractivity contribution < 1.29 is 9.90 Å². The fourth-order valence-electron chi connectivity index (χ4n) is 2.55. The Labute approximate surface area is 116 Å². The monoisotopic (exact) mass is 269 g/mol. The highest BCUT2D eigenvalue weighted by molar-refractivity contribution is 5.89. The normalized spacial score (nSPS) is 11.1. The van der Waals surface area contributed by atoms with Crippen LogP contribution < -0.4 is 0 Å². The SMILES string of the molecule is Cc1cn(Cc2c(C(=O)O)cnn2C)c2ccccc12. The fraction of sp³-hybridized carbons (Fsp3) is 0.200. The third-order valence-corrected chi connectivity index (χ3v) is 3.60. The van der Waals surface area contributed by atoms with E-state index in [0.29, 0.717) is 12.2 Å². The van der Waals surface area contributed by atoms with Crippen LogP contribution in [0.5, 0.6) is 0 Å². The molecule has 2 aromatic heterocycles. The van der Waals surface area contributed by atoms with E-state index >= 15 is 0 Å². The van der Waals surface area contributed by atoms with Crippen LogP contribution in [0.25, 0.3) is 10.9 Å². The number of aromatic carboxylic acids is 1. The first kappa shape index (κ1) is 12.5. The van der Waals surface area contributed by atoms with Gasteiger partial charge in [-0.1, -0.05) is 18.2 Å². The van der Waals surface area contributed by atoms with Gasteiger partial charge in [0.25, 0.3) is 0 Å². The van der Waals surface area contributed by atoms with Crippen LogP contribution >= 0.6 is 0 Å². The van der Waals surface area contributed by atoms with Crippen molar-refractivity contribution >= 4 is 16.9 Å². The van der Waals surface area contributed by atoms with Crippen LogP contribution in [0, 0.1) is 6.92 Å². The van der Waals surface area contributed by atoms with Crippen molar-refractivity contribution in [3.05, 3.63) is 53.5 Å². The van der Waals surface area contributed by atoms with Gasteiger partial charge >= 0.3 is 5.97 Å². The fourth-order valence-corrected chi connectivity index (χ4v) is 2.55. The maximum Gasteiger partial charge on any atom is 0.339 e. The van der Waals surface area contributed by atoms with Crippen molar-refractivity contribution in [3.8, 4) is 0 Å². The van der Waals surface area contributed by atoms with E-state index < -0.39 is 5.97 Å². The number of hydrogen-bond acceptors (Lipinski definition) is 2. The zero-order chi connectivity index (χ0) is 14.3. The highest BCUT2D eigenvalue weighted by Crippen LogP contribution is 2.22. The molecule has 0 bridgehead atoms. The summed E-state index contributed by atoms with van der Waals surface area (Å²) in [6.45, 7) is 2.55. The quantitative estimate of drug-likeness (QED) is 0.794. The number of nitrogens with zero attached hydrogens (tertiary/aromatic N) is 3. The number of benzene rings is 1. The smallest absolute Gasteiger partial charge is 0.339 e. The first-order valence-electron chi connectivity index (χ1n) is 6.36. The van der Waals surface area contributed by atoms with Gasteiger partial charge in [-0.3, -0.25) is 4.68 Å². The number of carbonyl (C=O) groups is 1. The lowest BCUT2D eigenvalue weighted by Gasteiger charge is -2.07. The molecule has 0 aliphatic rings. The number of fused-ring (bicyclic) bond motifs is 1. The summed E-state index contributed by atoms with van der Waals surface area (Å²) >= 11 is 0.